The Morgan fingerprint density at radius 3 is 2.14 bits per heavy atom. The number of pyridine rings is 1. The van der Waals surface area contributed by atoms with Crippen LogP contribution in [0.3, 0.4) is 0 Å². The molecule has 0 atom stereocenters. The summed E-state index contributed by atoms with van der Waals surface area (Å²) in [5.74, 6) is -3.73. The molecular weight excluding hydrogens is 480 g/mol. The van der Waals surface area contributed by atoms with Crippen LogP contribution < -0.4 is 9.64 Å². The molecule has 1 aliphatic heterocycles. The number of methoxy groups -OCH3 is 2. The SMILES string of the molecule is CCCCCCCCCCN(CC)CCOC.CCCc1c(N2CC(F)(F)C2)cnc(C(=O)O)c1OC. The first-order valence-electron chi connectivity index (χ1n) is 13.9. The van der Waals surface area contributed by atoms with Crippen molar-refractivity contribution in [1.29, 1.82) is 0 Å². The minimum atomic E-state index is -2.69. The van der Waals surface area contributed by atoms with E-state index in [4.69, 9.17) is 14.6 Å². The number of carbonyl (C=O) groups is 1. The van der Waals surface area contributed by atoms with Gasteiger partial charge in [0.05, 0.1) is 38.7 Å². The highest BCUT2D eigenvalue weighted by molar-refractivity contribution is 5.90. The van der Waals surface area contributed by atoms with E-state index in [9.17, 15) is 13.6 Å². The Bertz CT molecular complexity index is 772. The molecule has 1 aromatic rings. The van der Waals surface area contributed by atoms with Crippen molar-refractivity contribution >= 4 is 11.7 Å². The first kappa shape index (κ1) is 33.0. The van der Waals surface area contributed by atoms with E-state index >= 15 is 0 Å². The quantitative estimate of drug-likeness (QED) is 0.224. The highest BCUT2D eigenvalue weighted by Gasteiger charge is 2.45. The van der Waals surface area contributed by atoms with Crippen molar-refractivity contribution < 1.29 is 28.2 Å². The van der Waals surface area contributed by atoms with Gasteiger partial charge in [0.15, 0.2) is 11.4 Å². The van der Waals surface area contributed by atoms with Crippen LogP contribution in [0, 0.1) is 0 Å². The summed E-state index contributed by atoms with van der Waals surface area (Å²) in [4.78, 5) is 18.9. The maximum atomic E-state index is 13.0. The molecule has 1 saturated heterocycles. The molecule has 0 aliphatic carbocycles. The minimum absolute atomic E-state index is 0.159. The van der Waals surface area contributed by atoms with Gasteiger partial charge < -0.3 is 24.4 Å². The molecule has 1 fully saturated rings. The van der Waals surface area contributed by atoms with Crippen molar-refractivity contribution in [3.8, 4) is 5.75 Å². The first-order valence-corrected chi connectivity index (χ1v) is 13.9. The summed E-state index contributed by atoms with van der Waals surface area (Å²) in [7, 11) is 3.14. The van der Waals surface area contributed by atoms with Crippen LogP contribution in [0.1, 0.15) is 94.6 Å². The summed E-state index contributed by atoms with van der Waals surface area (Å²) in [5, 5.41) is 9.10. The molecule has 7 nitrogen and oxygen atoms in total. The molecule has 0 amide bonds. The average Bonchev–Trinajstić information content (AvgIpc) is 2.86. The first-order chi connectivity index (χ1) is 17.7. The van der Waals surface area contributed by atoms with E-state index in [0.717, 1.165) is 26.1 Å². The predicted molar refractivity (Wildman–Crippen MR) is 146 cm³/mol. The normalized spacial score (nSPS) is 14.2. The number of hydrogen-bond donors (Lipinski definition) is 1. The average molecular weight is 530 g/mol. The lowest BCUT2D eigenvalue weighted by molar-refractivity contribution is -0.0264. The monoisotopic (exact) mass is 529 g/mol. The number of alkyl halides is 2. The van der Waals surface area contributed by atoms with Gasteiger partial charge in [0, 0.05) is 19.2 Å². The van der Waals surface area contributed by atoms with Crippen LogP contribution in [-0.4, -0.2) is 80.4 Å². The van der Waals surface area contributed by atoms with Gasteiger partial charge in [0.25, 0.3) is 5.92 Å². The number of rotatable bonds is 18. The Kier molecular flexibility index (Phi) is 16.3. The van der Waals surface area contributed by atoms with E-state index in [-0.39, 0.29) is 24.5 Å². The fraction of sp³-hybridized carbons (Fsp3) is 0.786. The summed E-state index contributed by atoms with van der Waals surface area (Å²) < 4.78 is 36.2. The van der Waals surface area contributed by atoms with Gasteiger partial charge in [-0.1, -0.05) is 72.1 Å². The molecule has 1 aliphatic rings. The summed E-state index contributed by atoms with van der Waals surface area (Å²) in [6.45, 7) is 10.0. The topological polar surface area (TPSA) is 75.1 Å². The number of unbranched alkanes of at least 4 members (excludes halogenated alkanes) is 7. The van der Waals surface area contributed by atoms with Gasteiger partial charge >= 0.3 is 5.97 Å². The van der Waals surface area contributed by atoms with Gasteiger partial charge in [0.1, 0.15) is 0 Å². The third kappa shape index (κ3) is 11.9. The Morgan fingerprint density at radius 2 is 1.65 bits per heavy atom. The molecule has 214 valence electrons. The van der Waals surface area contributed by atoms with Crippen molar-refractivity contribution in [1.82, 2.24) is 9.88 Å². The van der Waals surface area contributed by atoms with Gasteiger partial charge in [-0.2, -0.15) is 0 Å². The lowest BCUT2D eigenvalue weighted by Gasteiger charge is -2.41. The van der Waals surface area contributed by atoms with Crippen molar-refractivity contribution in [2.24, 2.45) is 0 Å². The molecule has 9 heteroatoms. The number of halogens is 2. The lowest BCUT2D eigenvalue weighted by Crippen LogP contribution is -2.56. The highest BCUT2D eigenvalue weighted by atomic mass is 19.3. The Labute approximate surface area is 222 Å². The molecule has 2 rings (SSSR count). The number of anilines is 1. The number of aromatic nitrogens is 1. The summed E-state index contributed by atoms with van der Waals surface area (Å²) in [6.07, 6.45) is 13.9. The van der Waals surface area contributed by atoms with Crippen LogP contribution in [0.25, 0.3) is 0 Å². The second-order valence-corrected chi connectivity index (χ2v) is 9.67. The minimum Gasteiger partial charge on any atom is -0.494 e. The fourth-order valence-electron chi connectivity index (χ4n) is 4.46. The van der Waals surface area contributed by atoms with Crippen LogP contribution >= 0.6 is 0 Å². The molecule has 0 bridgehead atoms. The number of carboxylic acids is 1. The van der Waals surface area contributed by atoms with Gasteiger partial charge in [-0.15, -0.1) is 0 Å². The van der Waals surface area contributed by atoms with Crippen LogP contribution in [-0.2, 0) is 11.2 Å². The van der Waals surface area contributed by atoms with E-state index in [1.165, 1.54) is 76.1 Å². The Morgan fingerprint density at radius 1 is 1.03 bits per heavy atom. The van der Waals surface area contributed by atoms with Crippen LogP contribution in [0.5, 0.6) is 5.75 Å². The summed E-state index contributed by atoms with van der Waals surface area (Å²) >= 11 is 0. The Balaban J connectivity index is 0.000000377. The maximum absolute atomic E-state index is 13.0. The van der Waals surface area contributed by atoms with Crippen LogP contribution in [0.2, 0.25) is 0 Å². The second kappa shape index (κ2) is 18.3. The van der Waals surface area contributed by atoms with E-state index < -0.39 is 11.9 Å². The molecule has 1 N–H and O–H groups in total. The van der Waals surface area contributed by atoms with Gasteiger partial charge in [-0.3, -0.25) is 0 Å². The molecular formula is C28H49F2N3O4. The van der Waals surface area contributed by atoms with E-state index in [1.54, 1.807) is 7.11 Å². The number of carboxylic acid groups (broad SMARTS) is 1. The summed E-state index contributed by atoms with van der Waals surface area (Å²) in [5.41, 5.74) is 0.963. The standard InChI is InChI=1S/C15H33NO.C13H16F2N2O3/c1-4-6-7-8-9-10-11-12-13-16(5-2)14-15-17-3;1-3-4-8-9(17-6-13(14,15)7-17)5-16-10(12(18)19)11(8)20-2/h4-15H2,1-3H3;5H,3-4,6-7H2,1-2H3,(H,18,19). The zero-order valence-electron chi connectivity index (χ0n) is 23.7. The zero-order valence-corrected chi connectivity index (χ0v) is 23.7. The molecule has 0 radical (unpaired) electrons. The predicted octanol–water partition coefficient (Wildman–Crippen LogP) is 6.29. The van der Waals surface area contributed by atoms with Crippen molar-refractivity contribution in [3.05, 3.63) is 17.5 Å². The third-order valence-corrected chi connectivity index (χ3v) is 6.59. The number of ether oxygens (including phenoxy) is 2. The second-order valence-electron chi connectivity index (χ2n) is 9.67. The number of nitrogens with zero attached hydrogens (tertiary/aromatic N) is 3. The molecule has 0 unspecified atom stereocenters. The van der Waals surface area contributed by atoms with Gasteiger partial charge in [0.2, 0.25) is 0 Å². The smallest absolute Gasteiger partial charge is 0.358 e. The fourth-order valence-corrected chi connectivity index (χ4v) is 4.46. The third-order valence-electron chi connectivity index (χ3n) is 6.59. The van der Waals surface area contributed by atoms with Crippen LogP contribution in [0.4, 0.5) is 14.5 Å². The molecule has 0 spiro atoms. The molecule has 37 heavy (non-hydrogen) atoms. The van der Waals surface area contributed by atoms with Gasteiger partial charge in [-0.05, 0) is 25.9 Å². The van der Waals surface area contributed by atoms with Crippen molar-refractivity contribution in [2.45, 2.75) is 90.9 Å². The number of aromatic carboxylic acids is 1. The van der Waals surface area contributed by atoms with Crippen molar-refractivity contribution in [3.63, 3.8) is 0 Å². The maximum Gasteiger partial charge on any atom is 0.358 e. The van der Waals surface area contributed by atoms with Gasteiger partial charge in [-0.25, -0.2) is 18.6 Å². The number of hydrogen-bond acceptors (Lipinski definition) is 6. The van der Waals surface area contributed by atoms with E-state index in [0.29, 0.717) is 17.7 Å². The van der Waals surface area contributed by atoms with Crippen LogP contribution in [0.15, 0.2) is 6.20 Å². The molecule has 0 aromatic carbocycles. The largest absolute Gasteiger partial charge is 0.494 e. The molecule has 1 aromatic heterocycles. The lowest BCUT2D eigenvalue weighted by atomic mass is 10.0. The van der Waals surface area contributed by atoms with E-state index in [2.05, 4.69) is 23.7 Å². The Hall–Kier alpha value is -2.00. The zero-order chi connectivity index (χ0) is 27.7. The van der Waals surface area contributed by atoms with Crippen molar-refractivity contribution in [2.75, 3.05) is 58.5 Å². The summed E-state index contributed by atoms with van der Waals surface area (Å²) in [6, 6.07) is 0. The highest BCUT2D eigenvalue weighted by Crippen LogP contribution is 2.38. The molecule has 2 heterocycles. The number of likely N-dealkylation sites (N-methyl/N-ethyl adjacent to an activating group) is 1. The molecule has 0 saturated carbocycles. The van der Waals surface area contributed by atoms with E-state index in [1.807, 2.05) is 6.92 Å².